The Morgan fingerprint density at radius 1 is 0.830 bits per heavy atom. The predicted molar refractivity (Wildman–Crippen MR) is 166 cm³/mol. The molecule has 2 aliphatic heterocycles. The molecule has 0 aromatic heterocycles. The number of hydrogen-bond acceptors (Lipinski definition) is 12. The Morgan fingerprint density at radius 2 is 1.32 bits per heavy atom. The molecule has 0 bridgehead atoms. The largest absolute Gasteiger partial charge is 0.496 e. The number of benzene rings is 2. The number of carbonyl (C=O) groups excluding carboxylic acids is 2. The molecular weight excluding hydrogens is 620 g/mol. The molecule has 2 fully saturated rings. The van der Waals surface area contributed by atoms with Crippen LogP contribution in [0.3, 0.4) is 0 Å². The normalized spacial score (nSPS) is 17.6. The Balaban J connectivity index is 1.46. The molecule has 0 unspecified atom stereocenters. The molecule has 0 saturated carbocycles. The highest BCUT2D eigenvalue weighted by Crippen LogP contribution is 2.37. The third kappa shape index (κ3) is 7.51. The summed E-state index contributed by atoms with van der Waals surface area (Å²) in [6, 6.07) is 3.68. The summed E-state index contributed by atoms with van der Waals surface area (Å²) in [7, 11) is 2.61. The first-order valence-electron chi connectivity index (χ1n) is 14.6. The van der Waals surface area contributed by atoms with Crippen LogP contribution >= 0.6 is 0 Å². The number of aliphatic hydroxyl groups excluding tert-OH is 2. The molecule has 252 valence electrons. The molecule has 0 aliphatic carbocycles. The number of likely N-dealkylation sites (tertiary alicyclic amines) is 2. The van der Waals surface area contributed by atoms with E-state index < -0.39 is 39.4 Å². The van der Waals surface area contributed by atoms with E-state index in [0.717, 1.165) is 29.3 Å². The van der Waals surface area contributed by atoms with Crippen LogP contribution in [0.2, 0.25) is 0 Å². The molecule has 0 spiro atoms. The van der Waals surface area contributed by atoms with Crippen molar-refractivity contribution in [2.75, 3.05) is 47.1 Å². The lowest BCUT2D eigenvalue weighted by atomic mass is 10.0. The monoisotopic (exact) mass is 656 g/mol. The summed E-state index contributed by atoms with van der Waals surface area (Å²) in [6.45, 7) is 7.39. The number of aliphatic hydroxyl groups is 2. The Kier molecular flexibility index (Phi) is 11.1. The van der Waals surface area contributed by atoms with Gasteiger partial charge in [0, 0.05) is 36.9 Å². The fourth-order valence-corrected chi connectivity index (χ4v) is 5.71. The molecule has 0 radical (unpaired) electrons. The lowest BCUT2D eigenvalue weighted by Gasteiger charge is -2.23. The Bertz CT molecular complexity index is 1480. The molecule has 47 heavy (non-hydrogen) atoms. The van der Waals surface area contributed by atoms with Gasteiger partial charge in [0.25, 0.3) is 17.5 Å². The molecular formula is C31H36N4O12. The van der Waals surface area contributed by atoms with Gasteiger partial charge in [0.15, 0.2) is 0 Å². The molecule has 2 aliphatic rings. The molecule has 4 rings (SSSR count). The van der Waals surface area contributed by atoms with Crippen LogP contribution in [0.15, 0.2) is 48.6 Å². The standard InChI is InChI=1S/C31H36N4O12/c1-18-8-21(16-36)32(14-18)30(38)23-11-25(34(40)41)20(10-27(23)44-3)6-5-7-46-47-29-13-28(45-4)24(12-26(29)35(42)43)31(39)33-15-19(2)9-22(33)17-37/h10-13,21-22,36-37H,1-2,5-9,14-17H2,3-4H3/t21-,22-/m0/s1. The van der Waals surface area contributed by atoms with E-state index in [0.29, 0.717) is 12.8 Å². The first-order chi connectivity index (χ1) is 22.4. The Morgan fingerprint density at radius 3 is 1.79 bits per heavy atom. The van der Waals surface area contributed by atoms with E-state index in [-0.39, 0.29) is 85.4 Å². The molecule has 16 nitrogen and oxygen atoms in total. The maximum Gasteiger partial charge on any atom is 0.316 e. The number of rotatable bonds is 14. The smallest absolute Gasteiger partial charge is 0.316 e. The van der Waals surface area contributed by atoms with Crippen LogP contribution in [0.1, 0.15) is 45.5 Å². The van der Waals surface area contributed by atoms with E-state index in [4.69, 9.17) is 19.2 Å². The van der Waals surface area contributed by atoms with Crippen molar-refractivity contribution >= 4 is 23.2 Å². The molecule has 16 heteroatoms. The predicted octanol–water partition coefficient (Wildman–Crippen LogP) is 2.99. The van der Waals surface area contributed by atoms with Gasteiger partial charge in [0.2, 0.25) is 5.75 Å². The van der Waals surface area contributed by atoms with Crippen molar-refractivity contribution < 1.29 is 48.9 Å². The van der Waals surface area contributed by atoms with E-state index in [9.17, 15) is 40.0 Å². The van der Waals surface area contributed by atoms with Crippen molar-refractivity contribution in [3.63, 3.8) is 0 Å². The quantitative estimate of drug-likeness (QED) is 0.0990. The minimum Gasteiger partial charge on any atom is -0.496 e. The number of ether oxygens (including phenoxy) is 2. The summed E-state index contributed by atoms with van der Waals surface area (Å²) < 4.78 is 10.7. The zero-order valence-electron chi connectivity index (χ0n) is 26.0. The third-order valence-electron chi connectivity index (χ3n) is 8.02. The summed E-state index contributed by atoms with van der Waals surface area (Å²) in [5.74, 6) is -1.36. The molecule has 2 atom stereocenters. The number of methoxy groups -OCH3 is 2. The Hall–Kier alpha value is -5.06. The SMILES string of the molecule is C=C1C[C@@H](CO)N(C(=O)c2cc([N+](=O)[O-])c(CCCOOc3cc(OC)c(C(=O)N4CC(=C)C[C@H]4CO)cc3[N+](=O)[O-])cc2OC)C1. The first-order valence-corrected chi connectivity index (χ1v) is 14.6. The fraction of sp³-hybridized carbons (Fsp3) is 0.419. The van der Waals surface area contributed by atoms with Crippen molar-refractivity contribution in [1.29, 1.82) is 0 Å². The van der Waals surface area contributed by atoms with Gasteiger partial charge in [-0.05, 0) is 31.7 Å². The molecule has 2 saturated heterocycles. The van der Waals surface area contributed by atoms with Gasteiger partial charge in [-0.2, -0.15) is 4.89 Å². The van der Waals surface area contributed by atoms with Crippen LogP contribution in [0, 0.1) is 20.2 Å². The van der Waals surface area contributed by atoms with E-state index >= 15 is 0 Å². The number of hydrogen-bond donors (Lipinski definition) is 2. The minimum atomic E-state index is -0.749. The van der Waals surface area contributed by atoms with Crippen LogP contribution in [0.4, 0.5) is 11.4 Å². The van der Waals surface area contributed by atoms with Crippen LogP contribution in [-0.4, -0.2) is 101 Å². The highest BCUT2D eigenvalue weighted by atomic mass is 17.2. The van der Waals surface area contributed by atoms with Gasteiger partial charge in [0.1, 0.15) is 11.5 Å². The highest BCUT2D eigenvalue weighted by molar-refractivity contribution is 5.99. The highest BCUT2D eigenvalue weighted by Gasteiger charge is 2.35. The van der Waals surface area contributed by atoms with Crippen LogP contribution in [0.5, 0.6) is 17.2 Å². The second kappa shape index (κ2) is 15.0. The maximum atomic E-state index is 13.3. The number of carbonyl (C=O) groups is 2. The molecule has 2 aromatic rings. The van der Waals surface area contributed by atoms with Gasteiger partial charge < -0.3 is 34.4 Å². The minimum absolute atomic E-state index is 0.0192. The van der Waals surface area contributed by atoms with Crippen molar-refractivity contribution in [2.45, 2.75) is 37.8 Å². The maximum absolute atomic E-state index is 13.3. The molecule has 2 aromatic carbocycles. The average molecular weight is 657 g/mol. The van der Waals surface area contributed by atoms with Gasteiger partial charge >= 0.3 is 5.69 Å². The van der Waals surface area contributed by atoms with Gasteiger partial charge in [-0.3, -0.25) is 29.8 Å². The number of nitro groups is 2. The number of nitrogens with zero attached hydrogens (tertiary/aromatic N) is 4. The fourth-order valence-electron chi connectivity index (χ4n) is 5.71. The zero-order chi connectivity index (χ0) is 34.4. The number of amides is 2. The second-order valence-corrected chi connectivity index (χ2v) is 11.2. The van der Waals surface area contributed by atoms with E-state index in [2.05, 4.69) is 13.2 Å². The van der Waals surface area contributed by atoms with Crippen LogP contribution in [0.25, 0.3) is 0 Å². The van der Waals surface area contributed by atoms with Crippen molar-refractivity contribution in [2.24, 2.45) is 0 Å². The zero-order valence-corrected chi connectivity index (χ0v) is 26.0. The molecule has 2 N–H and O–H groups in total. The topological polar surface area (TPSA) is 204 Å². The van der Waals surface area contributed by atoms with Gasteiger partial charge in [-0.1, -0.05) is 24.3 Å². The summed E-state index contributed by atoms with van der Waals surface area (Å²) in [4.78, 5) is 62.2. The van der Waals surface area contributed by atoms with Gasteiger partial charge in [-0.15, -0.1) is 0 Å². The second-order valence-electron chi connectivity index (χ2n) is 11.2. The van der Waals surface area contributed by atoms with Crippen LogP contribution < -0.4 is 14.4 Å². The van der Waals surface area contributed by atoms with E-state index in [1.54, 1.807) is 0 Å². The first kappa shape index (κ1) is 34.8. The van der Waals surface area contributed by atoms with E-state index in [1.165, 1.54) is 30.1 Å². The van der Waals surface area contributed by atoms with Crippen LogP contribution in [-0.2, 0) is 11.3 Å². The molecule has 2 heterocycles. The Labute approximate surface area is 269 Å². The van der Waals surface area contributed by atoms with Crippen molar-refractivity contribution in [3.8, 4) is 17.2 Å². The van der Waals surface area contributed by atoms with Crippen molar-refractivity contribution in [1.82, 2.24) is 9.80 Å². The summed E-state index contributed by atoms with van der Waals surface area (Å²) in [6.07, 6.45) is 1.08. The average Bonchev–Trinajstić information content (AvgIpc) is 3.64. The lowest BCUT2D eigenvalue weighted by molar-refractivity contribution is -0.388. The summed E-state index contributed by atoms with van der Waals surface area (Å²) in [5, 5.41) is 43.2. The van der Waals surface area contributed by atoms with Crippen molar-refractivity contribution in [3.05, 3.63) is 85.5 Å². The third-order valence-corrected chi connectivity index (χ3v) is 8.02. The molecule has 2 amide bonds. The van der Waals surface area contributed by atoms with E-state index in [1.807, 2.05) is 0 Å². The summed E-state index contributed by atoms with van der Waals surface area (Å²) >= 11 is 0. The number of nitro benzene ring substituents is 2. The van der Waals surface area contributed by atoms with Gasteiger partial charge in [-0.25, -0.2) is 0 Å². The number of aryl methyl sites for hydroxylation is 1. The summed E-state index contributed by atoms with van der Waals surface area (Å²) in [5.41, 5.74) is 0.709. The van der Waals surface area contributed by atoms with Gasteiger partial charge in [0.05, 0.1) is 67.1 Å². The lowest BCUT2D eigenvalue weighted by Crippen LogP contribution is -2.37.